The Balaban J connectivity index is 1.45. The molecule has 1 aromatic heterocycles. The zero-order valence-electron chi connectivity index (χ0n) is 19.6. The first-order valence-electron chi connectivity index (χ1n) is 11.9. The van der Waals surface area contributed by atoms with Crippen LogP contribution in [0.2, 0.25) is 0 Å². The van der Waals surface area contributed by atoms with Crippen LogP contribution in [0.4, 0.5) is 5.95 Å². The van der Waals surface area contributed by atoms with E-state index in [1.165, 1.54) is 30.4 Å². The number of anilines is 1. The Morgan fingerprint density at radius 1 is 0.909 bits per heavy atom. The van der Waals surface area contributed by atoms with Gasteiger partial charge in [-0.25, -0.2) is 4.98 Å². The molecule has 0 radical (unpaired) electrons. The van der Waals surface area contributed by atoms with Gasteiger partial charge < -0.3 is 14.4 Å². The van der Waals surface area contributed by atoms with E-state index < -0.39 is 0 Å². The molecule has 2 aromatic carbocycles. The molecule has 6 nitrogen and oxygen atoms in total. The van der Waals surface area contributed by atoms with Crippen LogP contribution in [0.5, 0.6) is 17.4 Å². The van der Waals surface area contributed by atoms with Gasteiger partial charge in [-0.3, -0.25) is 4.90 Å². The largest absolute Gasteiger partial charge is 0.497 e. The first-order chi connectivity index (χ1) is 16.2. The fourth-order valence-corrected chi connectivity index (χ4v) is 4.61. The van der Waals surface area contributed by atoms with Crippen LogP contribution in [0, 0.1) is 6.92 Å². The smallest absolute Gasteiger partial charge is 0.228 e. The number of aryl methyl sites for hydroxylation is 1. The molecule has 3 aromatic rings. The first kappa shape index (κ1) is 21.7. The molecule has 0 N–H and O–H groups in total. The van der Waals surface area contributed by atoms with Crippen molar-refractivity contribution in [3.63, 3.8) is 0 Å². The normalized spacial score (nSPS) is 16.4. The van der Waals surface area contributed by atoms with Gasteiger partial charge in [-0.1, -0.05) is 35.9 Å². The Labute approximate surface area is 196 Å². The number of benzene rings is 2. The Hall–Kier alpha value is -3.12. The second kappa shape index (κ2) is 9.79. The number of methoxy groups -OCH3 is 1. The fraction of sp³-hybridized carbons (Fsp3) is 0.407. The molecule has 6 heteroatoms. The van der Waals surface area contributed by atoms with Gasteiger partial charge >= 0.3 is 0 Å². The second-order valence-electron chi connectivity index (χ2n) is 9.03. The molecule has 5 rings (SSSR count). The molecular formula is C27H32N4O2. The minimum atomic E-state index is 0.669. The summed E-state index contributed by atoms with van der Waals surface area (Å²) in [6.07, 6.45) is 4.56. The van der Waals surface area contributed by atoms with E-state index in [2.05, 4.69) is 41.0 Å². The molecule has 1 saturated heterocycles. The molecule has 0 saturated carbocycles. The van der Waals surface area contributed by atoms with E-state index in [4.69, 9.17) is 19.4 Å². The molecule has 0 spiro atoms. The van der Waals surface area contributed by atoms with Crippen LogP contribution in [0.15, 0.2) is 48.5 Å². The van der Waals surface area contributed by atoms with Gasteiger partial charge in [0.2, 0.25) is 11.8 Å². The van der Waals surface area contributed by atoms with Gasteiger partial charge in [-0.05, 0) is 43.9 Å². The maximum Gasteiger partial charge on any atom is 0.228 e. The van der Waals surface area contributed by atoms with Crippen molar-refractivity contribution in [1.82, 2.24) is 14.9 Å². The molecule has 0 amide bonds. The second-order valence-corrected chi connectivity index (χ2v) is 9.03. The summed E-state index contributed by atoms with van der Waals surface area (Å²) in [6.45, 7) is 6.82. The van der Waals surface area contributed by atoms with Crippen LogP contribution in [0.1, 0.15) is 41.6 Å². The molecule has 1 fully saturated rings. The van der Waals surface area contributed by atoms with E-state index in [1.807, 2.05) is 24.3 Å². The van der Waals surface area contributed by atoms with Crippen LogP contribution in [0.25, 0.3) is 0 Å². The van der Waals surface area contributed by atoms with Gasteiger partial charge in [0, 0.05) is 45.2 Å². The monoisotopic (exact) mass is 444 g/mol. The number of fused-ring (bicyclic) bond motifs is 1. The van der Waals surface area contributed by atoms with Crippen molar-refractivity contribution < 1.29 is 9.47 Å². The minimum absolute atomic E-state index is 0.669. The van der Waals surface area contributed by atoms with Gasteiger partial charge in [-0.2, -0.15) is 4.98 Å². The quantitative estimate of drug-likeness (QED) is 0.525. The highest BCUT2D eigenvalue weighted by atomic mass is 16.5. The molecule has 2 aliphatic heterocycles. The molecule has 3 heterocycles. The number of hydrogen-bond acceptors (Lipinski definition) is 6. The van der Waals surface area contributed by atoms with Gasteiger partial charge in [0.25, 0.3) is 0 Å². The predicted molar refractivity (Wildman–Crippen MR) is 130 cm³/mol. The van der Waals surface area contributed by atoms with Crippen molar-refractivity contribution in [2.45, 2.75) is 45.7 Å². The molecule has 0 bridgehead atoms. The van der Waals surface area contributed by atoms with Gasteiger partial charge in [-0.15, -0.1) is 0 Å². The molecule has 33 heavy (non-hydrogen) atoms. The number of ether oxygens (including phenoxy) is 2. The summed E-state index contributed by atoms with van der Waals surface area (Å²) in [5, 5.41) is 0. The summed E-state index contributed by atoms with van der Waals surface area (Å²) in [6, 6.07) is 16.5. The van der Waals surface area contributed by atoms with Crippen LogP contribution in [0.3, 0.4) is 0 Å². The summed E-state index contributed by atoms with van der Waals surface area (Å²) >= 11 is 0. The lowest BCUT2D eigenvalue weighted by Crippen LogP contribution is -2.34. The van der Waals surface area contributed by atoms with E-state index in [0.717, 1.165) is 67.8 Å². The maximum atomic E-state index is 6.38. The van der Waals surface area contributed by atoms with Crippen molar-refractivity contribution in [3.8, 4) is 17.4 Å². The van der Waals surface area contributed by atoms with Crippen molar-refractivity contribution in [2.75, 3.05) is 31.6 Å². The summed E-state index contributed by atoms with van der Waals surface area (Å²) in [7, 11) is 1.67. The summed E-state index contributed by atoms with van der Waals surface area (Å²) < 4.78 is 11.8. The molecular weight excluding hydrogens is 412 g/mol. The lowest BCUT2D eigenvalue weighted by atomic mass is 10.0. The number of hydrogen-bond donors (Lipinski definition) is 0. The third-order valence-electron chi connectivity index (χ3n) is 6.51. The van der Waals surface area contributed by atoms with Crippen molar-refractivity contribution in [1.29, 1.82) is 0 Å². The highest BCUT2D eigenvalue weighted by molar-refractivity contribution is 5.44. The van der Waals surface area contributed by atoms with E-state index in [9.17, 15) is 0 Å². The number of piperidine rings is 1. The highest BCUT2D eigenvalue weighted by Crippen LogP contribution is 2.33. The van der Waals surface area contributed by atoms with Crippen LogP contribution >= 0.6 is 0 Å². The average Bonchev–Trinajstić information content (AvgIpc) is 2.86. The van der Waals surface area contributed by atoms with Gasteiger partial charge in [0.05, 0.1) is 18.4 Å². The lowest BCUT2D eigenvalue weighted by molar-refractivity contribution is 0.238. The van der Waals surface area contributed by atoms with Crippen LogP contribution < -0.4 is 14.4 Å². The zero-order chi connectivity index (χ0) is 22.6. The standard InChI is InChI=1S/C27H32N4O2/c1-20-9-11-21(12-10-20)18-30-16-13-25-24(19-30)26(33-23-8-6-7-22(17-23)32-2)29-27(28-25)31-14-4-3-5-15-31/h6-12,17H,3-5,13-16,18-19H2,1-2H3. The average molecular weight is 445 g/mol. The summed E-state index contributed by atoms with van der Waals surface area (Å²) in [4.78, 5) is 14.7. The molecule has 0 aliphatic carbocycles. The van der Waals surface area contributed by atoms with Gasteiger partial charge in [0.1, 0.15) is 11.5 Å². The zero-order valence-corrected chi connectivity index (χ0v) is 19.6. The molecule has 0 atom stereocenters. The minimum Gasteiger partial charge on any atom is -0.497 e. The van der Waals surface area contributed by atoms with Crippen molar-refractivity contribution >= 4 is 5.95 Å². The Bertz CT molecular complexity index is 1090. The Morgan fingerprint density at radius 3 is 2.48 bits per heavy atom. The SMILES string of the molecule is COc1cccc(Oc2nc(N3CCCCC3)nc3c2CN(Cc2ccc(C)cc2)CC3)c1. The topological polar surface area (TPSA) is 50.7 Å². The van der Waals surface area contributed by atoms with E-state index in [1.54, 1.807) is 7.11 Å². The molecule has 172 valence electrons. The van der Waals surface area contributed by atoms with Crippen LogP contribution in [-0.4, -0.2) is 41.6 Å². The fourth-order valence-electron chi connectivity index (χ4n) is 4.61. The third kappa shape index (κ3) is 5.11. The lowest BCUT2D eigenvalue weighted by Gasteiger charge is -2.32. The predicted octanol–water partition coefficient (Wildman–Crippen LogP) is 5.13. The maximum absolute atomic E-state index is 6.38. The van der Waals surface area contributed by atoms with Crippen molar-refractivity contribution in [2.24, 2.45) is 0 Å². The Kier molecular flexibility index (Phi) is 6.44. The van der Waals surface area contributed by atoms with Crippen molar-refractivity contribution in [3.05, 3.63) is 70.9 Å². The van der Waals surface area contributed by atoms with Crippen LogP contribution in [-0.2, 0) is 19.5 Å². The Morgan fingerprint density at radius 2 is 1.70 bits per heavy atom. The third-order valence-corrected chi connectivity index (χ3v) is 6.51. The van der Waals surface area contributed by atoms with Gasteiger partial charge in [0.15, 0.2) is 0 Å². The summed E-state index contributed by atoms with van der Waals surface area (Å²) in [5.74, 6) is 2.98. The number of rotatable bonds is 6. The first-order valence-corrected chi connectivity index (χ1v) is 11.9. The van der Waals surface area contributed by atoms with E-state index in [-0.39, 0.29) is 0 Å². The number of aromatic nitrogens is 2. The highest BCUT2D eigenvalue weighted by Gasteiger charge is 2.26. The molecule has 2 aliphatic rings. The summed E-state index contributed by atoms with van der Waals surface area (Å²) in [5.41, 5.74) is 4.82. The van der Waals surface area contributed by atoms with E-state index >= 15 is 0 Å². The molecule has 0 unspecified atom stereocenters. The van der Waals surface area contributed by atoms with E-state index in [0.29, 0.717) is 5.88 Å². The number of nitrogens with zero attached hydrogens (tertiary/aromatic N) is 4.